The Bertz CT molecular complexity index is 340. The topological polar surface area (TPSA) is 12.0 Å². The van der Waals surface area contributed by atoms with Crippen LogP contribution in [0.3, 0.4) is 0 Å². The second kappa shape index (κ2) is 4.94. The molecule has 1 aliphatic rings. The molecular formula is C14H17N. The van der Waals surface area contributed by atoms with Crippen LogP contribution >= 0.6 is 0 Å². The van der Waals surface area contributed by atoms with Crippen molar-refractivity contribution < 1.29 is 0 Å². The summed E-state index contributed by atoms with van der Waals surface area (Å²) in [5.74, 6) is 0. The summed E-state index contributed by atoms with van der Waals surface area (Å²) in [7, 11) is 0. The van der Waals surface area contributed by atoms with Gasteiger partial charge in [-0.05, 0) is 18.4 Å². The van der Waals surface area contributed by atoms with Gasteiger partial charge in [-0.25, -0.2) is 0 Å². The Morgan fingerprint density at radius 2 is 2.13 bits per heavy atom. The Labute approximate surface area is 91.5 Å². The van der Waals surface area contributed by atoms with Crippen molar-refractivity contribution in [3.8, 4) is 0 Å². The van der Waals surface area contributed by atoms with E-state index in [1.165, 1.54) is 5.56 Å². The van der Waals surface area contributed by atoms with Gasteiger partial charge in [0, 0.05) is 6.04 Å². The number of hydrogen-bond donors (Lipinski definition) is 1. The van der Waals surface area contributed by atoms with Crippen LogP contribution in [-0.4, -0.2) is 6.04 Å². The SMILES string of the molecule is C=CCC1CC=CC(c2ccccc2)N1. The van der Waals surface area contributed by atoms with Crippen molar-refractivity contribution in [2.24, 2.45) is 0 Å². The summed E-state index contributed by atoms with van der Waals surface area (Å²) in [6.45, 7) is 3.79. The highest BCUT2D eigenvalue weighted by molar-refractivity contribution is 5.24. The molecule has 2 rings (SSSR count). The molecule has 1 heteroatoms. The van der Waals surface area contributed by atoms with Crippen molar-refractivity contribution in [1.29, 1.82) is 0 Å². The third kappa shape index (κ3) is 2.57. The molecule has 0 amide bonds. The standard InChI is InChI=1S/C14H17N/c1-2-7-13-10-6-11-14(15-13)12-8-4-3-5-9-12/h2-6,8-9,11,13-15H,1,7,10H2. The fraction of sp³-hybridized carbons (Fsp3) is 0.286. The van der Waals surface area contributed by atoms with E-state index in [1.54, 1.807) is 0 Å². The van der Waals surface area contributed by atoms with Gasteiger partial charge in [-0.1, -0.05) is 48.6 Å². The summed E-state index contributed by atoms with van der Waals surface area (Å²) in [5.41, 5.74) is 1.34. The van der Waals surface area contributed by atoms with Crippen LogP contribution in [0.2, 0.25) is 0 Å². The second-order valence-electron chi connectivity index (χ2n) is 3.94. The van der Waals surface area contributed by atoms with E-state index in [0.717, 1.165) is 12.8 Å². The van der Waals surface area contributed by atoms with E-state index in [2.05, 4.69) is 54.4 Å². The Morgan fingerprint density at radius 3 is 2.87 bits per heavy atom. The molecule has 0 spiro atoms. The van der Waals surface area contributed by atoms with Crippen LogP contribution in [0, 0.1) is 0 Å². The summed E-state index contributed by atoms with van der Waals surface area (Å²) in [6, 6.07) is 11.5. The number of nitrogens with one attached hydrogen (secondary N) is 1. The van der Waals surface area contributed by atoms with Gasteiger partial charge in [-0.15, -0.1) is 6.58 Å². The lowest BCUT2D eigenvalue weighted by Crippen LogP contribution is -2.33. The number of rotatable bonds is 3. The molecule has 2 unspecified atom stereocenters. The average Bonchev–Trinajstić information content (AvgIpc) is 2.31. The number of benzene rings is 1. The van der Waals surface area contributed by atoms with Crippen molar-refractivity contribution >= 4 is 0 Å². The number of hydrogen-bond acceptors (Lipinski definition) is 1. The molecule has 1 N–H and O–H groups in total. The monoisotopic (exact) mass is 199 g/mol. The van der Waals surface area contributed by atoms with Gasteiger partial charge in [0.25, 0.3) is 0 Å². The molecule has 0 aliphatic carbocycles. The van der Waals surface area contributed by atoms with Crippen molar-refractivity contribution in [3.05, 3.63) is 60.7 Å². The van der Waals surface area contributed by atoms with E-state index in [9.17, 15) is 0 Å². The van der Waals surface area contributed by atoms with Crippen LogP contribution in [0.5, 0.6) is 0 Å². The zero-order chi connectivity index (χ0) is 10.5. The van der Waals surface area contributed by atoms with Gasteiger partial charge in [-0.2, -0.15) is 0 Å². The summed E-state index contributed by atoms with van der Waals surface area (Å²) in [6.07, 6.45) is 8.64. The Morgan fingerprint density at radius 1 is 1.33 bits per heavy atom. The van der Waals surface area contributed by atoms with Gasteiger partial charge in [0.15, 0.2) is 0 Å². The predicted molar refractivity (Wildman–Crippen MR) is 64.7 cm³/mol. The zero-order valence-electron chi connectivity index (χ0n) is 8.89. The minimum Gasteiger partial charge on any atom is -0.303 e. The van der Waals surface area contributed by atoms with Crippen LogP contribution in [0.25, 0.3) is 0 Å². The maximum Gasteiger partial charge on any atom is 0.0508 e. The van der Waals surface area contributed by atoms with Crippen LogP contribution in [0.4, 0.5) is 0 Å². The molecule has 2 atom stereocenters. The fourth-order valence-electron chi connectivity index (χ4n) is 1.99. The maximum absolute atomic E-state index is 3.79. The smallest absolute Gasteiger partial charge is 0.0508 e. The van der Waals surface area contributed by atoms with Crippen molar-refractivity contribution in [3.63, 3.8) is 0 Å². The Kier molecular flexibility index (Phi) is 3.36. The molecular weight excluding hydrogens is 182 g/mol. The molecule has 1 aromatic carbocycles. The molecule has 1 aromatic rings. The quantitative estimate of drug-likeness (QED) is 0.737. The summed E-state index contributed by atoms with van der Waals surface area (Å²) < 4.78 is 0. The van der Waals surface area contributed by atoms with E-state index in [1.807, 2.05) is 6.08 Å². The first-order valence-corrected chi connectivity index (χ1v) is 5.48. The molecule has 1 aliphatic heterocycles. The molecule has 1 heterocycles. The normalized spacial score (nSPS) is 25.1. The van der Waals surface area contributed by atoms with Crippen LogP contribution in [-0.2, 0) is 0 Å². The first-order chi connectivity index (χ1) is 7.40. The molecule has 0 saturated carbocycles. The molecule has 0 bridgehead atoms. The van der Waals surface area contributed by atoms with E-state index in [4.69, 9.17) is 0 Å². The molecule has 15 heavy (non-hydrogen) atoms. The highest BCUT2D eigenvalue weighted by atomic mass is 15.0. The lowest BCUT2D eigenvalue weighted by Gasteiger charge is -2.26. The van der Waals surface area contributed by atoms with Gasteiger partial charge >= 0.3 is 0 Å². The van der Waals surface area contributed by atoms with E-state index >= 15 is 0 Å². The van der Waals surface area contributed by atoms with Gasteiger partial charge < -0.3 is 5.32 Å². The molecule has 0 saturated heterocycles. The van der Waals surface area contributed by atoms with Crippen molar-refractivity contribution in [2.75, 3.05) is 0 Å². The Hall–Kier alpha value is -1.34. The van der Waals surface area contributed by atoms with Crippen molar-refractivity contribution in [2.45, 2.75) is 24.9 Å². The summed E-state index contributed by atoms with van der Waals surface area (Å²) in [5, 5.41) is 3.61. The third-order valence-corrected chi connectivity index (χ3v) is 2.77. The van der Waals surface area contributed by atoms with Crippen molar-refractivity contribution in [1.82, 2.24) is 5.32 Å². The van der Waals surface area contributed by atoms with E-state index < -0.39 is 0 Å². The summed E-state index contributed by atoms with van der Waals surface area (Å²) >= 11 is 0. The minimum absolute atomic E-state index is 0.366. The largest absolute Gasteiger partial charge is 0.303 e. The minimum atomic E-state index is 0.366. The van der Waals surface area contributed by atoms with Gasteiger partial charge in [0.05, 0.1) is 6.04 Å². The molecule has 0 fully saturated rings. The maximum atomic E-state index is 3.79. The molecule has 1 nitrogen and oxygen atoms in total. The molecule has 0 aromatic heterocycles. The first kappa shape index (κ1) is 10.2. The second-order valence-corrected chi connectivity index (χ2v) is 3.94. The highest BCUT2D eigenvalue weighted by Gasteiger charge is 2.16. The highest BCUT2D eigenvalue weighted by Crippen LogP contribution is 2.20. The third-order valence-electron chi connectivity index (χ3n) is 2.77. The van der Waals surface area contributed by atoms with Crippen LogP contribution in [0.1, 0.15) is 24.4 Å². The van der Waals surface area contributed by atoms with Gasteiger partial charge in [-0.3, -0.25) is 0 Å². The van der Waals surface area contributed by atoms with Gasteiger partial charge in [0.2, 0.25) is 0 Å². The molecule has 78 valence electrons. The van der Waals surface area contributed by atoms with E-state index in [0.29, 0.717) is 12.1 Å². The lowest BCUT2D eigenvalue weighted by molar-refractivity contribution is 0.463. The van der Waals surface area contributed by atoms with Crippen LogP contribution < -0.4 is 5.32 Å². The van der Waals surface area contributed by atoms with Gasteiger partial charge in [0.1, 0.15) is 0 Å². The Balaban J connectivity index is 2.08. The summed E-state index contributed by atoms with van der Waals surface area (Å²) in [4.78, 5) is 0. The molecule has 0 radical (unpaired) electrons. The van der Waals surface area contributed by atoms with E-state index in [-0.39, 0.29) is 0 Å². The predicted octanol–water partition coefficient (Wildman–Crippen LogP) is 3.22. The first-order valence-electron chi connectivity index (χ1n) is 5.48. The van der Waals surface area contributed by atoms with Crippen LogP contribution in [0.15, 0.2) is 55.1 Å². The lowest BCUT2D eigenvalue weighted by atomic mass is 9.98. The zero-order valence-corrected chi connectivity index (χ0v) is 8.89. The average molecular weight is 199 g/mol. The fourth-order valence-corrected chi connectivity index (χ4v) is 1.99.